The molecule has 4 aromatic carbocycles. The van der Waals surface area contributed by atoms with Gasteiger partial charge in [-0.3, -0.25) is 4.79 Å². The maximum absolute atomic E-state index is 14.2. The number of ether oxygens (including phenoxy) is 1. The summed E-state index contributed by atoms with van der Waals surface area (Å²) in [7, 11) is 0. The molecule has 0 radical (unpaired) electrons. The average molecular weight is 574 g/mol. The summed E-state index contributed by atoms with van der Waals surface area (Å²) in [5.41, 5.74) is 4.42. The van der Waals surface area contributed by atoms with E-state index in [0.717, 1.165) is 22.4 Å². The van der Waals surface area contributed by atoms with Crippen LogP contribution in [0.15, 0.2) is 115 Å². The fourth-order valence-electron chi connectivity index (χ4n) is 5.38. The number of benzene rings is 4. The second-order valence-corrected chi connectivity index (χ2v) is 10.4. The van der Waals surface area contributed by atoms with Crippen molar-refractivity contribution in [3.05, 3.63) is 132 Å². The molecular formula is C34H31N5O4. The normalized spacial score (nSPS) is 14.8. The highest BCUT2D eigenvalue weighted by Crippen LogP contribution is 2.29. The standard InChI is InChI=1S/C34H31N5O4/c40-33(38-21-20-37(34(41)42)23-29(38)22-25-10-4-1-5-11-25)31-32(27-14-8-3-9-15-27)39(36-35-31)28-16-18-30(19-17-28)43-24-26-12-6-2-7-13-26/h1-19,29H,20-24H2,(H,41,42). The number of carboxylic acid groups (broad SMARTS) is 1. The third-order valence-corrected chi connectivity index (χ3v) is 7.58. The molecule has 0 spiro atoms. The molecule has 0 aliphatic carbocycles. The summed E-state index contributed by atoms with van der Waals surface area (Å²) in [5, 5.41) is 18.5. The second kappa shape index (κ2) is 12.6. The second-order valence-electron chi connectivity index (χ2n) is 10.4. The lowest BCUT2D eigenvalue weighted by Gasteiger charge is -2.40. The Balaban J connectivity index is 1.31. The van der Waals surface area contributed by atoms with Gasteiger partial charge in [-0.05, 0) is 41.8 Å². The Morgan fingerprint density at radius 1 is 0.791 bits per heavy atom. The van der Waals surface area contributed by atoms with Crippen molar-refractivity contribution in [3.63, 3.8) is 0 Å². The minimum Gasteiger partial charge on any atom is -0.489 e. The van der Waals surface area contributed by atoms with E-state index in [1.807, 2.05) is 115 Å². The van der Waals surface area contributed by atoms with Crippen molar-refractivity contribution in [1.82, 2.24) is 24.8 Å². The van der Waals surface area contributed by atoms with Crippen molar-refractivity contribution in [2.45, 2.75) is 19.1 Å². The number of carbonyl (C=O) groups is 2. The van der Waals surface area contributed by atoms with Gasteiger partial charge in [0, 0.05) is 25.2 Å². The van der Waals surface area contributed by atoms with Gasteiger partial charge in [-0.1, -0.05) is 96.2 Å². The Kier molecular flexibility index (Phi) is 8.13. The lowest BCUT2D eigenvalue weighted by Crippen LogP contribution is -2.57. The van der Waals surface area contributed by atoms with Crippen LogP contribution in [-0.2, 0) is 13.0 Å². The van der Waals surface area contributed by atoms with E-state index in [9.17, 15) is 14.7 Å². The molecule has 2 heterocycles. The number of nitrogens with zero attached hydrogens (tertiary/aromatic N) is 5. The highest BCUT2D eigenvalue weighted by Gasteiger charge is 2.36. The van der Waals surface area contributed by atoms with Gasteiger partial charge in [-0.15, -0.1) is 5.10 Å². The van der Waals surface area contributed by atoms with Crippen LogP contribution in [0.4, 0.5) is 4.79 Å². The van der Waals surface area contributed by atoms with E-state index >= 15 is 0 Å². The Morgan fingerprint density at radius 3 is 2.07 bits per heavy atom. The quantitative estimate of drug-likeness (QED) is 0.261. The van der Waals surface area contributed by atoms with Crippen LogP contribution < -0.4 is 4.74 Å². The molecule has 216 valence electrons. The number of aromatic nitrogens is 3. The molecule has 0 bridgehead atoms. The monoisotopic (exact) mass is 573 g/mol. The molecule has 1 aliphatic rings. The minimum absolute atomic E-state index is 0.217. The molecule has 1 aliphatic heterocycles. The SMILES string of the molecule is O=C(O)N1CCN(C(=O)c2nnn(-c3ccc(OCc4ccccc4)cc3)c2-c2ccccc2)C(Cc2ccccc2)C1. The van der Waals surface area contributed by atoms with Crippen LogP contribution in [0.1, 0.15) is 21.6 Å². The van der Waals surface area contributed by atoms with Crippen molar-refractivity contribution in [2.75, 3.05) is 19.6 Å². The van der Waals surface area contributed by atoms with Crippen LogP contribution in [0.2, 0.25) is 0 Å². The number of amides is 2. The van der Waals surface area contributed by atoms with Crippen LogP contribution in [0.5, 0.6) is 5.75 Å². The van der Waals surface area contributed by atoms with E-state index in [1.165, 1.54) is 4.90 Å². The predicted molar refractivity (Wildman–Crippen MR) is 162 cm³/mol. The first kappa shape index (κ1) is 27.7. The summed E-state index contributed by atoms with van der Waals surface area (Å²) in [5.74, 6) is 0.434. The highest BCUT2D eigenvalue weighted by molar-refractivity contribution is 5.98. The summed E-state index contributed by atoms with van der Waals surface area (Å²) < 4.78 is 7.62. The number of hydrogen-bond acceptors (Lipinski definition) is 5. The Bertz CT molecular complexity index is 1670. The molecule has 5 aromatic rings. The zero-order valence-corrected chi connectivity index (χ0v) is 23.5. The lowest BCUT2D eigenvalue weighted by molar-refractivity contribution is 0.0446. The molecule has 1 atom stereocenters. The summed E-state index contributed by atoms with van der Waals surface area (Å²) in [6.07, 6.45) is -0.465. The van der Waals surface area contributed by atoms with E-state index < -0.39 is 6.09 Å². The zero-order chi connectivity index (χ0) is 29.6. The summed E-state index contributed by atoms with van der Waals surface area (Å²) in [6.45, 7) is 1.16. The molecule has 1 unspecified atom stereocenters. The van der Waals surface area contributed by atoms with Gasteiger partial charge in [-0.25, -0.2) is 9.48 Å². The molecule has 6 rings (SSSR count). The maximum Gasteiger partial charge on any atom is 0.407 e. The largest absolute Gasteiger partial charge is 0.489 e. The smallest absolute Gasteiger partial charge is 0.407 e. The number of piperazine rings is 1. The van der Waals surface area contributed by atoms with Crippen molar-refractivity contribution in [1.29, 1.82) is 0 Å². The van der Waals surface area contributed by atoms with Crippen molar-refractivity contribution in [3.8, 4) is 22.7 Å². The maximum atomic E-state index is 14.2. The van der Waals surface area contributed by atoms with Gasteiger partial charge in [0.05, 0.1) is 11.7 Å². The number of hydrogen-bond donors (Lipinski definition) is 1. The topological polar surface area (TPSA) is 101 Å². The highest BCUT2D eigenvalue weighted by atomic mass is 16.5. The van der Waals surface area contributed by atoms with Gasteiger partial charge < -0.3 is 19.6 Å². The van der Waals surface area contributed by atoms with Crippen LogP contribution >= 0.6 is 0 Å². The fourth-order valence-corrected chi connectivity index (χ4v) is 5.38. The summed E-state index contributed by atoms with van der Waals surface area (Å²) in [4.78, 5) is 29.1. The van der Waals surface area contributed by atoms with E-state index in [2.05, 4.69) is 10.3 Å². The third-order valence-electron chi connectivity index (χ3n) is 7.58. The Labute approximate surface area is 249 Å². The lowest BCUT2D eigenvalue weighted by atomic mass is 10.0. The van der Waals surface area contributed by atoms with E-state index in [0.29, 0.717) is 24.5 Å². The first-order valence-corrected chi connectivity index (χ1v) is 14.2. The number of rotatable bonds is 8. The third kappa shape index (κ3) is 6.25. The molecule has 1 aromatic heterocycles. The van der Waals surface area contributed by atoms with Gasteiger partial charge in [0.25, 0.3) is 5.91 Å². The zero-order valence-electron chi connectivity index (χ0n) is 23.5. The van der Waals surface area contributed by atoms with Crippen LogP contribution in [0.25, 0.3) is 16.9 Å². The first-order valence-electron chi connectivity index (χ1n) is 14.2. The molecule has 0 saturated carbocycles. The number of carbonyl (C=O) groups excluding carboxylic acids is 1. The Hall–Kier alpha value is -5.44. The summed E-state index contributed by atoms with van der Waals surface area (Å²) >= 11 is 0. The molecule has 9 heteroatoms. The van der Waals surface area contributed by atoms with Crippen LogP contribution in [0, 0.1) is 0 Å². The summed E-state index contributed by atoms with van der Waals surface area (Å²) in [6, 6.07) is 36.5. The molecule has 1 fully saturated rings. The van der Waals surface area contributed by atoms with Crippen LogP contribution in [-0.4, -0.2) is 67.6 Å². The Morgan fingerprint density at radius 2 is 1.42 bits per heavy atom. The van der Waals surface area contributed by atoms with Gasteiger partial charge in [0.15, 0.2) is 5.69 Å². The van der Waals surface area contributed by atoms with E-state index in [4.69, 9.17) is 4.74 Å². The van der Waals surface area contributed by atoms with Crippen molar-refractivity contribution >= 4 is 12.0 Å². The molecule has 9 nitrogen and oxygen atoms in total. The molecule has 43 heavy (non-hydrogen) atoms. The fraction of sp³-hybridized carbons (Fsp3) is 0.176. The predicted octanol–water partition coefficient (Wildman–Crippen LogP) is 5.56. The average Bonchev–Trinajstić information content (AvgIpc) is 3.50. The van der Waals surface area contributed by atoms with Gasteiger partial charge in [-0.2, -0.15) is 0 Å². The van der Waals surface area contributed by atoms with E-state index in [1.54, 1.807) is 9.58 Å². The van der Waals surface area contributed by atoms with Crippen molar-refractivity contribution < 1.29 is 19.4 Å². The molecule has 2 amide bonds. The minimum atomic E-state index is -0.989. The van der Waals surface area contributed by atoms with Gasteiger partial charge in [0.2, 0.25) is 0 Å². The molecule has 1 N–H and O–H groups in total. The van der Waals surface area contributed by atoms with E-state index in [-0.39, 0.29) is 37.3 Å². The van der Waals surface area contributed by atoms with Crippen LogP contribution in [0.3, 0.4) is 0 Å². The molecule has 1 saturated heterocycles. The van der Waals surface area contributed by atoms with Crippen molar-refractivity contribution in [2.24, 2.45) is 0 Å². The first-order chi connectivity index (χ1) is 21.1. The molecular weight excluding hydrogens is 542 g/mol. The van der Waals surface area contributed by atoms with Gasteiger partial charge in [0.1, 0.15) is 18.1 Å². The van der Waals surface area contributed by atoms with Gasteiger partial charge >= 0.3 is 6.09 Å².